The first-order valence-corrected chi connectivity index (χ1v) is 9.92. The predicted octanol–water partition coefficient (Wildman–Crippen LogP) is 3.10. The molecule has 0 heterocycles. The van der Waals surface area contributed by atoms with Crippen LogP contribution in [0.15, 0.2) is 24.3 Å². The van der Waals surface area contributed by atoms with E-state index in [9.17, 15) is 13.5 Å². The summed E-state index contributed by atoms with van der Waals surface area (Å²) in [5.74, 6) is -0.00367. The molecule has 20 heavy (non-hydrogen) atoms. The monoisotopic (exact) mass is 408 g/mol. The molecule has 0 radical (unpaired) electrons. The topological polar surface area (TPSA) is 54.4 Å². The van der Waals surface area contributed by atoms with Crippen molar-refractivity contribution in [3.63, 3.8) is 0 Å². The third-order valence-corrected chi connectivity index (χ3v) is 6.81. The first kappa shape index (κ1) is 16.2. The summed E-state index contributed by atoms with van der Waals surface area (Å²) in [6, 6.07) is 7.82. The first-order valence-electron chi connectivity index (χ1n) is 6.88. The van der Waals surface area contributed by atoms with Gasteiger partial charge in [-0.1, -0.05) is 18.6 Å². The molecule has 0 amide bonds. The van der Waals surface area contributed by atoms with E-state index < -0.39 is 15.4 Å². The largest absolute Gasteiger partial charge is 0.385 e. The van der Waals surface area contributed by atoms with E-state index in [1.807, 2.05) is 31.2 Å². The quantitative estimate of drug-likeness (QED) is 0.783. The van der Waals surface area contributed by atoms with Gasteiger partial charge >= 0.3 is 0 Å². The summed E-state index contributed by atoms with van der Waals surface area (Å²) >= 11 is 2.23. The molecular formula is C15H21IO3S. The summed E-state index contributed by atoms with van der Waals surface area (Å²) in [6.07, 6.45) is 4.32. The van der Waals surface area contributed by atoms with E-state index in [0.717, 1.165) is 28.4 Å². The van der Waals surface area contributed by atoms with Crippen LogP contribution in [-0.4, -0.2) is 25.0 Å². The number of sulfone groups is 1. The van der Waals surface area contributed by atoms with E-state index in [-0.39, 0.29) is 11.2 Å². The van der Waals surface area contributed by atoms with Gasteiger partial charge in [-0.3, -0.25) is 0 Å². The third-order valence-electron chi connectivity index (χ3n) is 4.46. The highest BCUT2D eigenvalue weighted by Gasteiger charge is 2.39. The molecule has 2 rings (SSSR count). The highest BCUT2D eigenvalue weighted by molar-refractivity contribution is 14.1. The van der Waals surface area contributed by atoms with Crippen molar-refractivity contribution in [1.82, 2.24) is 0 Å². The fourth-order valence-electron chi connectivity index (χ4n) is 3.07. The van der Waals surface area contributed by atoms with Crippen LogP contribution >= 0.6 is 22.6 Å². The molecule has 0 spiro atoms. The maximum Gasteiger partial charge on any atom is 0.150 e. The molecule has 1 aliphatic carbocycles. The lowest BCUT2D eigenvalue weighted by atomic mass is 9.74. The first-order chi connectivity index (χ1) is 9.21. The normalized spacial score (nSPS) is 27.0. The van der Waals surface area contributed by atoms with Crippen LogP contribution in [0.1, 0.15) is 38.2 Å². The van der Waals surface area contributed by atoms with Gasteiger partial charge in [-0.2, -0.15) is 0 Å². The fourth-order valence-corrected chi connectivity index (χ4v) is 4.60. The number of hydrogen-bond acceptors (Lipinski definition) is 3. The fraction of sp³-hybridized carbons (Fsp3) is 0.600. The van der Waals surface area contributed by atoms with Gasteiger partial charge in [-0.05, 0) is 72.4 Å². The van der Waals surface area contributed by atoms with Gasteiger partial charge in [0.05, 0.1) is 10.9 Å². The third kappa shape index (κ3) is 3.54. The Balaban J connectivity index is 2.23. The smallest absolute Gasteiger partial charge is 0.150 e. The van der Waals surface area contributed by atoms with Crippen LogP contribution < -0.4 is 0 Å². The van der Waals surface area contributed by atoms with E-state index in [1.54, 1.807) is 0 Å². The number of rotatable bonds is 3. The number of halogens is 1. The van der Waals surface area contributed by atoms with Crippen LogP contribution in [0.4, 0.5) is 0 Å². The Hall–Kier alpha value is -0.140. The van der Waals surface area contributed by atoms with Crippen molar-refractivity contribution in [2.75, 3.05) is 6.26 Å². The zero-order valence-corrected chi connectivity index (χ0v) is 14.8. The summed E-state index contributed by atoms with van der Waals surface area (Å²) in [4.78, 5) is 0. The minimum atomic E-state index is -3.02. The number of hydrogen-bond donors (Lipinski definition) is 1. The van der Waals surface area contributed by atoms with Crippen molar-refractivity contribution in [2.45, 2.75) is 43.5 Å². The molecule has 0 bridgehead atoms. The molecule has 0 aliphatic heterocycles. The van der Waals surface area contributed by atoms with Crippen molar-refractivity contribution in [2.24, 2.45) is 5.92 Å². The lowest BCUT2D eigenvalue weighted by molar-refractivity contribution is -0.0208. The Kier molecular flexibility index (Phi) is 4.81. The number of benzene rings is 1. The van der Waals surface area contributed by atoms with Crippen LogP contribution in [0.25, 0.3) is 0 Å². The Morgan fingerprint density at radius 2 is 1.85 bits per heavy atom. The summed E-state index contributed by atoms with van der Waals surface area (Å²) in [5, 5.41) is 10.6. The summed E-state index contributed by atoms with van der Waals surface area (Å²) in [6.45, 7) is 1.81. The lowest BCUT2D eigenvalue weighted by Gasteiger charge is -2.38. The lowest BCUT2D eigenvalue weighted by Crippen LogP contribution is -2.38. The zero-order valence-electron chi connectivity index (χ0n) is 11.8. The molecule has 0 aromatic heterocycles. The second kappa shape index (κ2) is 5.93. The van der Waals surface area contributed by atoms with E-state index >= 15 is 0 Å². The standard InChI is InChI=1S/C15H21IO3S/c1-15(17,11-6-8-13(16)9-7-11)12-4-3-5-14(10-12)20(2,18)19/h6-9,12,14,17H,3-5,10H2,1-2H3. The van der Waals surface area contributed by atoms with Gasteiger partial charge in [0.15, 0.2) is 0 Å². The van der Waals surface area contributed by atoms with Crippen molar-refractivity contribution >= 4 is 32.4 Å². The van der Waals surface area contributed by atoms with Gasteiger partial charge < -0.3 is 5.11 Å². The van der Waals surface area contributed by atoms with Crippen molar-refractivity contribution < 1.29 is 13.5 Å². The van der Waals surface area contributed by atoms with Gasteiger partial charge in [0.25, 0.3) is 0 Å². The molecule has 3 unspecified atom stereocenters. The molecule has 1 aromatic carbocycles. The maximum atomic E-state index is 11.8. The van der Waals surface area contributed by atoms with Gasteiger partial charge in [0.2, 0.25) is 0 Å². The van der Waals surface area contributed by atoms with E-state index in [2.05, 4.69) is 22.6 Å². The molecule has 1 N–H and O–H groups in total. The Morgan fingerprint density at radius 1 is 1.25 bits per heavy atom. The molecule has 1 aliphatic rings. The molecule has 1 saturated carbocycles. The van der Waals surface area contributed by atoms with Crippen molar-refractivity contribution in [3.05, 3.63) is 33.4 Å². The summed E-state index contributed by atoms with van der Waals surface area (Å²) in [5.41, 5.74) is -0.0923. The summed E-state index contributed by atoms with van der Waals surface area (Å²) in [7, 11) is -3.02. The van der Waals surface area contributed by atoms with Crippen LogP contribution in [0, 0.1) is 9.49 Å². The molecule has 3 atom stereocenters. The maximum absolute atomic E-state index is 11.8. The number of aliphatic hydroxyl groups is 1. The molecule has 1 aromatic rings. The van der Waals surface area contributed by atoms with E-state index in [1.165, 1.54) is 6.26 Å². The average Bonchev–Trinajstić information content (AvgIpc) is 2.38. The molecule has 112 valence electrons. The van der Waals surface area contributed by atoms with Crippen molar-refractivity contribution in [1.29, 1.82) is 0 Å². The predicted molar refractivity (Wildman–Crippen MR) is 89.3 cm³/mol. The molecule has 1 fully saturated rings. The van der Waals surface area contributed by atoms with Crippen molar-refractivity contribution in [3.8, 4) is 0 Å². The second-order valence-electron chi connectivity index (χ2n) is 5.97. The van der Waals surface area contributed by atoms with Gasteiger partial charge in [-0.25, -0.2) is 8.42 Å². The summed E-state index contributed by atoms with van der Waals surface area (Å²) < 4.78 is 24.6. The second-order valence-corrected chi connectivity index (χ2v) is 9.54. The van der Waals surface area contributed by atoms with Crippen LogP contribution in [0.2, 0.25) is 0 Å². The molecule has 3 nitrogen and oxygen atoms in total. The van der Waals surface area contributed by atoms with Crippen LogP contribution in [0.3, 0.4) is 0 Å². The SMILES string of the molecule is CC(O)(c1ccc(I)cc1)C1CCCC(S(C)(=O)=O)C1. The highest BCUT2D eigenvalue weighted by Crippen LogP contribution is 2.40. The van der Waals surface area contributed by atoms with Gasteiger partial charge in [0.1, 0.15) is 9.84 Å². The minimum Gasteiger partial charge on any atom is -0.385 e. The molecule has 5 heteroatoms. The molecule has 0 saturated heterocycles. The Labute approximate surface area is 134 Å². The van der Waals surface area contributed by atoms with Crippen LogP contribution in [0.5, 0.6) is 0 Å². The average molecular weight is 408 g/mol. The highest BCUT2D eigenvalue weighted by atomic mass is 127. The van der Waals surface area contributed by atoms with E-state index in [0.29, 0.717) is 6.42 Å². The Morgan fingerprint density at radius 3 is 2.40 bits per heavy atom. The van der Waals surface area contributed by atoms with Gasteiger partial charge in [0, 0.05) is 9.83 Å². The zero-order chi connectivity index (χ0) is 15.0. The van der Waals surface area contributed by atoms with E-state index in [4.69, 9.17) is 0 Å². The molecular weight excluding hydrogens is 387 g/mol. The van der Waals surface area contributed by atoms with Crippen LogP contribution in [-0.2, 0) is 15.4 Å². The minimum absolute atomic E-state index is 0.00367. The Bertz CT molecular complexity index is 563. The van der Waals surface area contributed by atoms with Gasteiger partial charge in [-0.15, -0.1) is 0 Å².